The standard InChI is InChI=1S/C18H23NO4S/c1-5-23-16-8-6-15(7-9-16)14(3)19-24(20,21)17-10-11-18(22-4)13(2)12-17/h6-12,14,19H,5H2,1-4H3/t14-/m0/s1. The molecule has 0 heterocycles. The maximum atomic E-state index is 12.6. The van der Waals surface area contributed by atoms with Crippen LogP contribution in [-0.4, -0.2) is 22.1 Å². The minimum Gasteiger partial charge on any atom is -0.496 e. The first-order valence-electron chi connectivity index (χ1n) is 7.77. The molecule has 0 aliphatic carbocycles. The zero-order valence-electron chi connectivity index (χ0n) is 14.4. The smallest absolute Gasteiger partial charge is 0.241 e. The van der Waals surface area contributed by atoms with Crippen molar-refractivity contribution in [2.75, 3.05) is 13.7 Å². The molecule has 0 bridgehead atoms. The van der Waals surface area contributed by atoms with Gasteiger partial charge >= 0.3 is 0 Å². The van der Waals surface area contributed by atoms with Crippen LogP contribution >= 0.6 is 0 Å². The summed E-state index contributed by atoms with van der Waals surface area (Å²) < 4.78 is 38.4. The minimum absolute atomic E-state index is 0.221. The normalized spacial score (nSPS) is 12.7. The first-order valence-corrected chi connectivity index (χ1v) is 9.25. The van der Waals surface area contributed by atoms with Gasteiger partial charge in [0.2, 0.25) is 10.0 Å². The summed E-state index contributed by atoms with van der Waals surface area (Å²) in [6.07, 6.45) is 0. The zero-order valence-corrected chi connectivity index (χ0v) is 15.2. The number of hydrogen-bond acceptors (Lipinski definition) is 4. The van der Waals surface area contributed by atoms with Gasteiger partial charge in [0.15, 0.2) is 0 Å². The third-order valence-corrected chi connectivity index (χ3v) is 5.24. The predicted molar refractivity (Wildman–Crippen MR) is 94.1 cm³/mol. The van der Waals surface area contributed by atoms with Gasteiger partial charge in [-0.3, -0.25) is 0 Å². The van der Waals surface area contributed by atoms with Gasteiger partial charge in [-0.2, -0.15) is 0 Å². The fourth-order valence-corrected chi connectivity index (χ4v) is 3.72. The van der Waals surface area contributed by atoms with Gasteiger partial charge in [0.25, 0.3) is 0 Å². The molecule has 0 saturated carbocycles. The number of benzene rings is 2. The summed E-state index contributed by atoms with van der Waals surface area (Å²) in [6.45, 7) is 6.14. The fraction of sp³-hybridized carbons (Fsp3) is 0.333. The Morgan fingerprint density at radius 3 is 2.33 bits per heavy atom. The molecule has 24 heavy (non-hydrogen) atoms. The summed E-state index contributed by atoms with van der Waals surface area (Å²) in [5.74, 6) is 1.43. The second kappa shape index (κ2) is 7.68. The average Bonchev–Trinajstić information content (AvgIpc) is 2.55. The molecule has 0 aliphatic heterocycles. The van der Waals surface area contributed by atoms with Gasteiger partial charge in [-0.1, -0.05) is 12.1 Å². The Balaban J connectivity index is 2.17. The van der Waals surface area contributed by atoms with E-state index < -0.39 is 10.0 Å². The van der Waals surface area contributed by atoms with Crippen LogP contribution in [0.15, 0.2) is 47.4 Å². The quantitative estimate of drug-likeness (QED) is 0.832. The molecule has 2 aromatic rings. The molecule has 0 amide bonds. The molecule has 0 unspecified atom stereocenters. The summed E-state index contributed by atoms with van der Waals surface area (Å²) in [6, 6.07) is 11.8. The number of rotatable bonds is 7. The molecule has 1 atom stereocenters. The van der Waals surface area contributed by atoms with E-state index in [9.17, 15) is 8.42 Å². The number of sulfonamides is 1. The summed E-state index contributed by atoms with van der Waals surface area (Å²) in [5.41, 5.74) is 1.64. The van der Waals surface area contributed by atoms with Crippen LogP contribution in [0.5, 0.6) is 11.5 Å². The highest BCUT2D eigenvalue weighted by atomic mass is 32.2. The molecule has 0 saturated heterocycles. The molecule has 0 aromatic heterocycles. The van der Waals surface area contributed by atoms with Crippen LogP contribution in [0.25, 0.3) is 0 Å². The van der Waals surface area contributed by atoms with Crippen molar-refractivity contribution in [3.8, 4) is 11.5 Å². The Morgan fingerprint density at radius 1 is 1.12 bits per heavy atom. The van der Waals surface area contributed by atoms with Gasteiger partial charge in [0.1, 0.15) is 11.5 Å². The van der Waals surface area contributed by atoms with E-state index in [1.807, 2.05) is 45.0 Å². The molecule has 5 nitrogen and oxygen atoms in total. The van der Waals surface area contributed by atoms with Crippen LogP contribution in [0.4, 0.5) is 0 Å². The molecule has 2 rings (SSSR count). The summed E-state index contributed by atoms with van der Waals surface area (Å²) in [4.78, 5) is 0.221. The molecule has 0 radical (unpaired) electrons. The van der Waals surface area contributed by atoms with Gasteiger partial charge in [-0.05, 0) is 62.2 Å². The van der Waals surface area contributed by atoms with Crippen molar-refractivity contribution >= 4 is 10.0 Å². The molecular formula is C18H23NO4S. The number of nitrogens with one attached hydrogen (secondary N) is 1. The monoisotopic (exact) mass is 349 g/mol. The highest BCUT2D eigenvalue weighted by molar-refractivity contribution is 7.89. The number of methoxy groups -OCH3 is 1. The maximum Gasteiger partial charge on any atom is 0.241 e. The first-order chi connectivity index (χ1) is 11.4. The average molecular weight is 349 g/mol. The second-order valence-corrected chi connectivity index (χ2v) is 7.19. The predicted octanol–water partition coefficient (Wildman–Crippen LogP) is 3.44. The first kappa shape index (κ1) is 18.3. The third kappa shape index (κ3) is 4.27. The van der Waals surface area contributed by atoms with E-state index in [0.717, 1.165) is 16.9 Å². The number of aryl methyl sites for hydroxylation is 1. The van der Waals surface area contributed by atoms with E-state index in [1.165, 1.54) is 0 Å². The van der Waals surface area contributed by atoms with Crippen LogP contribution in [0, 0.1) is 6.92 Å². The van der Waals surface area contributed by atoms with E-state index in [0.29, 0.717) is 12.4 Å². The molecular weight excluding hydrogens is 326 g/mol. The lowest BCUT2D eigenvalue weighted by molar-refractivity contribution is 0.340. The van der Waals surface area contributed by atoms with Crippen LogP contribution in [0.3, 0.4) is 0 Å². The summed E-state index contributed by atoms with van der Waals surface area (Å²) in [5, 5.41) is 0. The SMILES string of the molecule is CCOc1ccc([C@H](C)NS(=O)(=O)c2ccc(OC)c(C)c2)cc1. The fourth-order valence-electron chi connectivity index (χ4n) is 2.41. The summed E-state index contributed by atoms with van der Waals surface area (Å²) >= 11 is 0. The lowest BCUT2D eigenvalue weighted by atomic mass is 10.1. The van der Waals surface area contributed by atoms with Crippen molar-refractivity contribution < 1.29 is 17.9 Å². The second-order valence-electron chi connectivity index (χ2n) is 5.48. The van der Waals surface area contributed by atoms with E-state index >= 15 is 0 Å². The Bertz CT molecular complexity index is 785. The lowest BCUT2D eigenvalue weighted by Crippen LogP contribution is -2.27. The van der Waals surface area contributed by atoms with E-state index in [2.05, 4.69) is 4.72 Å². The Hall–Kier alpha value is -2.05. The molecule has 0 fully saturated rings. The van der Waals surface area contributed by atoms with Crippen LogP contribution in [0.1, 0.15) is 31.0 Å². The molecule has 0 aliphatic rings. The Kier molecular flexibility index (Phi) is 5.85. The van der Waals surface area contributed by atoms with E-state index in [4.69, 9.17) is 9.47 Å². The van der Waals surface area contributed by atoms with Crippen molar-refractivity contribution in [1.29, 1.82) is 0 Å². The molecule has 6 heteroatoms. The Morgan fingerprint density at radius 2 is 1.79 bits per heavy atom. The van der Waals surface area contributed by atoms with E-state index in [-0.39, 0.29) is 10.9 Å². The van der Waals surface area contributed by atoms with Gasteiger partial charge < -0.3 is 9.47 Å². The topological polar surface area (TPSA) is 64.6 Å². The number of ether oxygens (including phenoxy) is 2. The molecule has 0 spiro atoms. The van der Waals surface area contributed by atoms with Crippen molar-refractivity contribution in [3.63, 3.8) is 0 Å². The van der Waals surface area contributed by atoms with Crippen LogP contribution in [0.2, 0.25) is 0 Å². The van der Waals surface area contributed by atoms with Crippen LogP contribution in [-0.2, 0) is 10.0 Å². The molecule has 1 N–H and O–H groups in total. The highest BCUT2D eigenvalue weighted by Gasteiger charge is 2.19. The highest BCUT2D eigenvalue weighted by Crippen LogP contribution is 2.23. The van der Waals surface area contributed by atoms with Crippen molar-refractivity contribution in [1.82, 2.24) is 4.72 Å². The Labute approximate surface area is 143 Å². The lowest BCUT2D eigenvalue weighted by Gasteiger charge is -2.16. The van der Waals surface area contributed by atoms with E-state index in [1.54, 1.807) is 25.3 Å². The van der Waals surface area contributed by atoms with Gasteiger partial charge in [0.05, 0.1) is 18.6 Å². The summed E-state index contributed by atoms with van der Waals surface area (Å²) in [7, 11) is -2.05. The van der Waals surface area contributed by atoms with Gasteiger partial charge in [-0.15, -0.1) is 0 Å². The van der Waals surface area contributed by atoms with Gasteiger partial charge in [-0.25, -0.2) is 13.1 Å². The van der Waals surface area contributed by atoms with Crippen molar-refractivity contribution in [2.24, 2.45) is 0 Å². The zero-order chi connectivity index (χ0) is 17.7. The van der Waals surface area contributed by atoms with Gasteiger partial charge in [0, 0.05) is 6.04 Å². The maximum absolute atomic E-state index is 12.6. The van der Waals surface area contributed by atoms with Crippen LogP contribution < -0.4 is 14.2 Å². The molecule has 2 aromatic carbocycles. The van der Waals surface area contributed by atoms with Crippen molar-refractivity contribution in [3.05, 3.63) is 53.6 Å². The number of hydrogen-bond donors (Lipinski definition) is 1. The van der Waals surface area contributed by atoms with Crippen molar-refractivity contribution in [2.45, 2.75) is 31.7 Å². The minimum atomic E-state index is -3.61. The largest absolute Gasteiger partial charge is 0.496 e. The third-order valence-electron chi connectivity index (χ3n) is 3.70. The molecule has 130 valence electrons.